The second kappa shape index (κ2) is 10.9. The first-order valence-electron chi connectivity index (χ1n) is 12.0. The second-order valence-electron chi connectivity index (χ2n) is 8.83. The van der Waals surface area contributed by atoms with Gasteiger partial charge >= 0.3 is 6.18 Å². The molecule has 0 aliphatic rings. The first-order chi connectivity index (χ1) is 18.8. The van der Waals surface area contributed by atoms with E-state index in [0.29, 0.717) is 18.3 Å². The van der Waals surface area contributed by atoms with Gasteiger partial charge in [0.1, 0.15) is 11.6 Å². The normalized spacial score (nSPS) is 11.5. The Balaban J connectivity index is 1.28. The van der Waals surface area contributed by atoms with Crippen LogP contribution in [-0.2, 0) is 19.1 Å². The number of anilines is 1. The van der Waals surface area contributed by atoms with Crippen LogP contribution in [0, 0.1) is 5.82 Å². The summed E-state index contributed by atoms with van der Waals surface area (Å²) in [6, 6.07) is 16.1. The lowest BCUT2D eigenvalue weighted by Gasteiger charge is -2.14. The van der Waals surface area contributed by atoms with Crippen molar-refractivity contribution in [2.24, 2.45) is 0 Å². The van der Waals surface area contributed by atoms with Gasteiger partial charge in [-0.2, -0.15) is 18.3 Å². The summed E-state index contributed by atoms with van der Waals surface area (Å²) in [6.45, 7) is 0.384. The first-order valence-corrected chi connectivity index (χ1v) is 12.0. The highest BCUT2D eigenvalue weighted by molar-refractivity contribution is 5.99. The van der Waals surface area contributed by atoms with E-state index in [2.05, 4.69) is 30.8 Å². The maximum Gasteiger partial charge on any atom is 0.417 e. The number of benzene rings is 2. The molecule has 0 atom stereocenters. The van der Waals surface area contributed by atoms with Crippen LogP contribution >= 0.6 is 0 Å². The number of amides is 1. The van der Waals surface area contributed by atoms with E-state index in [1.54, 1.807) is 24.5 Å². The number of carbonyl (C=O) groups is 1. The Bertz CT molecular complexity index is 1600. The van der Waals surface area contributed by atoms with E-state index in [9.17, 15) is 22.4 Å². The molecule has 11 heteroatoms. The number of alkyl halides is 3. The number of pyridine rings is 2. The number of halogens is 4. The third kappa shape index (κ3) is 6.20. The van der Waals surface area contributed by atoms with Crippen LogP contribution in [-0.4, -0.2) is 32.6 Å². The maximum atomic E-state index is 13.3. The average molecular weight is 535 g/mol. The Kier molecular flexibility index (Phi) is 7.22. The van der Waals surface area contributed by atoms with Crippen LogP contribution in [0.25, 0.3) is 22.2 Å². The topological polar surface area (TPSA) is 95.6 Å². The fourth-order valence-corrected chi connectivity index (χ4v) is 4.00. The van der Waals surface area contributed by atoms with Gasteiger partial charge in [-0.3, -0.25) is 9.89 Å². The smallest absolute Gasteiger partial charge is 0.365 e. The molecule has 0 aliphatic heterocycles. The molecule has 5 aromatic rings. The van der Waals surface area contributed by atoms with Crippen molar-refractivity contribution in [2.45, 2.75) is 19.1 Å². The molecule has 0 bridgehead atoms. The van der Waals surface area contributed by atoms with Crippen LogP contribution in [0.3, 0.4) is 0 Å². The Morgan fingerprint density at radius 2 is 1.62 bits per heavy atom. The van der Waals surface area contributed by atoms with Gasteiger partial charge in [-0.25, -0.2) is 14.4 Å². The van der Waals surface area contributed by atoms with Crippen molar-refractivity contribution in [2.75, 3.05) is 11.9 Å². The fourth-order valence-electron chi connectivity index (χ4n) is 4.00. The molecule has 0 fully saturated rings. The van der Waals surface area contributed by atoms with Gasteiger partial charge in [0.15, 0.2) is 5.65 Å². The molecule has 2 aromatic carbocycles. The predicted molar refractivity (Wildman–Crippen MR) is 138 cm³/mol. The molecule has 0 radical (unpaired) electrons. The number of rotatable bonds is 8. The molecule has 0 saturated carbocycles. The molecular formula is C28H22F4N6O. The summed E-state index contributed by atoms with van der Waals surface area (Å²) in [5, 5.41) is 13.3. The zero-order chi connectivity index (χ0) is 27.4. The molecule has 39 heavy (non-hydrogen) atoms. The van der Waals surface area contributed by atoms with Crippen molar-refractivity contribution in [3.05, 3.63) is 107 Å². The highest BCUT2D eigenvalue weighted by Gasteiger charge is 2.32. The summed E-state index contributed by atoms with van der Waals surface area (Å²) in [5.41, 5.74) is 2.90. The predicted octanol–water partition coefficient (Wildman–Crippen LogP) is 5.76. The van der Waals surface area contributed by atoms with Crippen molar-refractivity contribution in [1.29, 1.82) is 0 Å². The van der Waals surface area contributed by atoms with Gasteiger partial charge in [0, 0.05) is 36.4 Å². The lowest BCUT2D eigenvalue weighted by Crippen LogP contribution is -2.27. The van der Waals surface area contributed by atoms with Crippen molar-refractivity contribution >= 4 is 22.8 Å². The third-order valence-electron chi connectivity index (χ3n) is 6.11. The number of H-pyrrole nitrogens is 1. The molecule has 3 aromatic heterocycles. The van der Waals surface area contributed by atoms with E-state index >= 15 is 0 Å². The van der Waals surface area contributed by atoms with Crippen molar-refractivity contribution < 1.29 is 22.4 Å². The van der Waals surface area contributed by atoms with Gasteiger partial charge < -0.3 is 10.6 Å². The van der Waals surface area contributed by atoms with Crippen LogP contribution in [0.1, 0.15) is 27.0 Å². The largest absolute Gasteiger partial charge is 0.417 e. The third-order valence-corrected chi connectivity index (χ3v) is 6.11. The summed E-state index contributed by atoms with van der Waals surface area (Å²) >= 11 is 0. The number of fused-ring (bicyclic) bond motifs is 1. The van der Waals surface area contributed by atoms with E-state index in [1.807, 2.05) is 30.3 Å². The van der Waals surface area contributed by atoms with Crippen LogP contribution in [0.2, 0.25) is 0 Å². The van der Waals surface area contributed by atoms with Gasteiger partial charge in [-0.15, -0.1) is 0 Å². The molecule has 198 valence electrons. The standard InChI is InChI=1S/C28H22F4N6O/c29-23-7-3-17(4-8-23)9-10-33-27(39)24-12-22(28(30,31)32)16-36-26(24)34-13-18-1-5-19(6-2-18)20-11-21-15-37-38-25(21)35-14-20/h1-8,11-12,14-16H,9-10,13H2,(H,33,39)(H,34,36)(H,35,37,38). The number of carbonyl (C=O) groups excluding carboxylic acids is 1. The maximum absolute atomic E-state index is 13.3. The number of hydrogen-bond donors (Lipinski definition) is 3. The molecule has 3 N–H and O–H groups in total. The molecule has 7 nitrogen and oxygen atoms in total. The Hall–Kier alpha value is -4.80. The summed E-state index contributed by atoms with van der Waals surface area (Å²) in [7, 11) is 0. The van der Waals surface area contributed by atoms with E-state index in [1.165, 1.54) is 12.1 Å². The van der Waals surface area contributed by atoms with E-state index in [0.717, 1.165) is 33.7 Å². The van der Waals surface area contributed by atoms with Crippen molar-refractivity contribution in [3.8, 4) is 11.1 Å². The zero-order valence-corrected chi connectivity index (χ0v) is 20.4. The Morgan fingerprint density at radius 1 is 0.872 bits per heavy atom. The van der Waals surface area contributed by atoms with Gasteiger partial charge in [0.2, 0.25) is 0 Å². The molecule has 0 saturated heterocycles. The summed E-state index contributed by atoms with van der Waals surface area (Å²) in [6.07, 6.45) is -0.145. The average Bonchev–Trinajstić information content (AvgIpc) is 3.41. The number of aromatic nitrogens is 4. The van der Waals surface area contributed by atoms with Crippen LogP contribution < -0.4 is 10.6 Å². The first kappa shape index (κ1) is 25.8. The quantitative estimate of drug-likeness (QED) is 0.220. The molecule has 0 unspecified atom stereocenters. The van der Waals surface area contributed by atoms with E-state index < -0.39 is 17.6 Å². The number of hydrogen-bond acceptors (Lipinski definition) is 5. The summed E-state index contributed by atoms with van der Waals surface area (Å²) in [4.78, 5) is 21.1. The van der Waals surface area contributed by atoms with Crippen molar-refractivity contribution in [1.82, 2.24) is 25.5 Å². The van der Waals surface area contributed by atoms with Gasteiger partial charge in [-0.1, -0.05) is 36.4 Å². The minimum atomic E-state index is -4.65. The molecule has 0 spiro atoms. The highest BCUT2D eigenvalue weighted by atomic mass is 19.4. The molecule has 1 amide bonds. The second-order valence-corrected chi connectivity index (χ2v) is 8.83. The SMILES string of the molecule is O=C(NCCc1ccc(F)cc1)c1cc(C(F)(F)F)cnc1NCc1ccc(-c2cnc3[nH]ncc3c2)cc1. The Labute approximate surface area is 220 Å². The van der Waals surface area contributed by atoms with Crippen LogP contribution in [0.4, 0.5) is 23.4 Å². The van der Waals surface area contributed by atoms with Gasteiger partial charge in [0.25, 0.3) is 5.91 Å². The van der Waals surface area contributed by atoms with E-state index in [4.69, 9.17) is 0 Å². The Morgan fingerprint density at radius 3 is 2.36 bits per heavy atom. The highest BCUT2D eigenvalue weighted by Crippen LogP contribution is 2.31. The van der Waals surface area contributed by atoms with Crippen LogP contribution in [0.5, 0.6) is 0 Å². The zero-order valence-electron chi connectivity index (χ0n) is 20.4. The number of aromatic amines is 1. The lowest BCUT2D eigenvalue weighted by molar-refractivity contribution is -0.137. The molecular weight excluding hydrogens is 512 g/mol. The monoisotopic (exact) mass is 534 g/mol. The number of nitrogens with one attached hydrogen (secondary N) is 3. The minimum Gasteiger partial charge on any atom is -0.365 e. The fraction of sp³-hybridized carbons (Fsp3) is 0.143. The van der Waals surface area contributed by atoms with Crippen LogP contribution in [0.15, 0.2) is 79.3 Å². The summed E-state index contributed by atoms with van der Waals surface area (Å²) in [5.74, 6) is -1.05. The summed E-state index contributed by atoms with van der Waals surface area (Å²) < 4.78 is 53.1. The van der Waals surface area contributed by atoms with Crippen molar-refractivity contribution in [3.63, 3.8) is 0 Å². The molecule has 0 aliphatic carbocycles. The lowest BCUT2D eigenvalue weighted by atomic mass is 10.0. The van der Waals surface area contributed by atoms with E-state index in [-0.39, 0.29) is 30.3 Å². The minimum absolute atomic E-state index is 0.0287. The number of nitrogens with zero attached hydrogens (tertiary/aromatic N) is 3. The van der Waals surface area contributed by atoms with Gasteiger partial charge in [0.05, 0.1) is 17.3 Å². The molecule has 5 rings (SSSR count). The molecule has 3 heterocycles. The van der Waals surface area contributed by atoms with Gasteiger partial charge in [-0.05, 0) is 47.4 Å².